The van der Waals surface area contributed by atoms with E-state index >= 15 is 0 Å². The number of fused-ring (bicyclic) bond motifs is 3. The molecule has 3 N–H and O–H groups in total. The standard InChI is InChI=1S/C33H35BrF3N5O5.C30H31BrF3N5O3.C29H26BrF3N6O3/c1-18-14-23-26(17-41(18)29(44)20-8-11-25(34)24(15-20)33(35,36)37)39-27(21-12-13-40(16-21)31(46)47-32(2,3)4)42(30(23)45)22-9-6-19(7-10-22)28(43)38-5;1-4-37-12-11-20(15-37)26-36-25-16-38(28(41)19-7-10-24(31)23(14-19)30(32,33)34)17(2)13-22(25)29(42)39(26)21-8-5-18(6-9-21)27(40)35-3;1-15-11-17(3)39(36-15)28-35-24-14-37(26(41)19-7-10-23(30)22(13-19)29(31,32)33)16(2)12-21(24)27(42)38(28)20-8-5-18(6-9-20)25(40)34-4/h6-11,15,18,21H,12-14,16-17H2,1-5H3,(H,38,43);5-10,14,17,20H,4,11-13,15-16H2,1-3H3,(H,35,40);5-11,13,16H,12,14H2,1-4H3,(H,34,40). The van der Waals surface area contributed by atoms with Crippen LogP contribution in [0.1, 0.15) is 209 Å². The molecule has 5 atom stereocenters. The zero-order valence-corrected chi connectivity index (χ0v) is 77.9. The normalized spacial score (nSPS) is 17.4. The van der Waals surface area contributed by atoms with Gasteiger partial charge in [0.05, 0.1) is 76.2 Å². The minimum Gasteiger partial charge on any atom is -0.444 e. The Morgan fingerprint density at radius 2 is 0.779 bits per heavy atom. The van der Waals surface area contributed by atoms with E-state index in [1.54, 1.807) is 138 Å². The quantitative estimate of drug-likeness (QED) is 0.0904. The van der Waals surface area contributed by atoms with E-state index < -0.39 is 82.8 Å². The van der Waals surface area contributed by atoms with Gasteiger partial charge in [0, 0.05) is 140 Å². The highest BCUT2D eigenvalue weighted by Gasteiger charge is 2.43. The molecular formula is C92H92Br3F9N16O11. The van der Waals surface area contributed by atoms with Crippen molar-refractivity contribution in [1.82, 2.24) is 78.9 Å². The Morgan fingerprint density at radius 3 is 1.10 bits per heavy atom. The summed E-state index contributed by atoms with van der Waals surface area (Å²) in [6.45, 7) is 19.1. The molecule has 15 rings (SSSR count). The fourth-order valence-corrected chi connectivity index (χ4v) is 18.1. The van der Waals surface area contributed by atoms with E-state index in [1.807, 2.05) is 13.0 Å². The zero-order chi connectivity index (χ0) is 95.3. The summed E-state index contributed by atoms with van der Waals surface area (Å²) in [5, 5.41) is 12.2. The molecule has 6 aromatic carbocycles. The van der Waals surface area contributed by atoms with Crippen LogP contribution in [0.3, 0.4) is 0 Å². The number of aryl methyl sites for hydroxylation is 2. The van der Waals surface area contributed by atoms with Gasteiger partial charge in [-0.25, -0.2) is 29.0 Å². The van der Waals surface area contributed by atoms with Crippen molar-refractivity contribution in [1.29, 1.82) is 0 Å². The van der Waals surface area contributed by atoms with Crippen LogP contribution in [-0.2, 0) is 62.2 Å². The summed E-state index contributed by atoms with van der Waals surface area (Å²) in [4.78, 5) is 155. The lowest BCUT2D eigenvalue weighted by molar-refractivity contribution is -0.139. The van der Waals surface area contributed by atoms with Crippen LogP contribution in [0.4, 0.5) is 44.3 Å². The predicted octanol–water partition coefficient (Wildman–Crippen LogP) is 15.2. The summed E-state index contributed by atoms with van der Waals surface area (Å²) in [7, 11) is 4.59. The van der Waals surface area contributed by atoms with E-state index in [-0.39, 0.29) is 128 Å². The van der Waals surface area contributed by atoms with Crippen molar-refractivity contribution in [3.05, 3.63) is 285 Å². The number of carbonyl (C=O) groups is 7. The van der Waals surface area contributed by atoms with E-state index in [2.05, 4.69) is 80.7 Å². The molecule has 27 nitrogen and oxygen atoms in total. The molecule has 5 unspecified atom stereocenters. The van der Waals surface area contributed by atoms with E-state index in [4.69, 9.17) is 19.7 Å². The first-order valence-corrected chi connectivity index (χ1v) is 44.3. The molecule has 690 valence electrons. The molecule has 0 aliphatic carbocycles. The van der Waals surface area contributed by atoms with Crippen molar-refractivity contribution >= 4 is 89.3 Å². The number of amides is 7. The average Bonchev–Trinajstić information content (AvgIpc) is 1.50. The summed E-state index contributed by atoms with van der Waals surface area (Å²) in [6, 6.07) is 30.2. The first-order valence-electron chi connectivity index (χ1n) is 41.9. The van der Waals surface area contributed by atoms with Gasteiger partial charge in [-0.3, -0.25) is 52.3 Å². The molecule has 39 heteroatoms. The maximum absolute atomic E-state index is 14.3. The van der Waals surface area contributed by atoms with Crippen molar-refractivity contribution in [3.8, 4) is 23.0 Å². The van der Waals surface area contributed by atoms with Crippen molar-refractivity contribution in [2.45, 2.75) is 168 Å². The fraction of sp³-hybridized carbons (Fsp3) is 0.370. The molecule has 4 aromatic heterocycles. The summed E-state index contributed by atoms with van der Waals surface area (Å²) >= 11 is 8.75. The molecule has 10 aromatic rings. The summed E-state index contributed by atoms with van der Waals surface area (Å²) in [5.41, 5.74) is 1.77. The third kappa shape index (κ3) is 20.6. The third-order valence-electron chi connectivity index (χ3n) is 23.5. The summed E-state index contributed by atoms with van der Waals surface area (Å²) in [5.74, 6) is -1.85. The molecule has 5 aliphatic rings. The molecule has 2 saturated heterocycles. The third-order valence-corrected chi connectivity index (χ3v) is 25.6. The number of benzene rings is 6. The Labute approximate surface area is 771 Å². The summed E-state index contributed by atoms with van der Waals surface area (Å²) < 4.78 is 133. The lowest BCUT2D eigenvalue weighted by Crippen LogP contribution is -2.46. The second-order valence-corrected chi connectivity index (χ2v) is 36.2. The molecule has 0 radical (unpaired) electrons. The second-order valence-electron chi connectivity index (χ2n) is 33.6. The van der Waals surface area contributed by atoms with Crippen LogP contribution < -0.4 is 32.6 Å². The van der Waals surface area contributed by atoms with Gasteiger partial charge in [-0.15, -0.1) is 0 Å². The number of aromatic nitrogens is 8. The number of hydrogen-bond donors (Lipinski definition) is 3. The molecule has 7 amide bonds. The average molecular weight is 2010 g/mol. The minimum absolute atomic E-state index is 0.00957. The highest BCUT2D eigenvalue weighted by molar-refractivity contribution is 9.11. The molecule has 9 heterocycles. The molecule has 2 fully saturated rings. The van der Waals surface area contributed by atoms with Crippen LogP contribution in [0.25, 0.3) is 23.0 Å². The lowest BCUT2D eigenvalue weighted by Gasteiger charge is -2.35. The number of halogens is 12. The van der Waals surface area contributed by atoms with Crippen LogP contribution in [0, 0.1) is 13.8 Å². The highest BCUT2D eigenvalue weighted by atomic mass is 79.9. The Kier molecular flexibility index (Phi) is 28.4. The highest BCUT2D eigenvalue weighted by Crippen LogP contribution is 2.41. The molecular weight excluding hydrogens is 1920 g/mol. The first-order chi connectivity index (χ1) is 61.7. The monoisotopic (exact) mass is 2000 g/mol. The number of hydrogen-bond acceptors (Lipinski definition) is 16. The van der Waals surface area contributed by atoms with Gasteiger partial charge in [0.15, 0.2) is 0 Å². The van der Waals surface area contributed by atoms with Gasteiger partial charge in [-0.1, -0.05) is 54.7 Å². The molecule has 0 bridgehead atoms. The number of nitrogens with one attached hydrogen (secondary N) is 3. The van der Waals surface area contributed by atoms with Crippen LogP contribution >= 0.6 is 47.8 Å². The van der Waals surface area contributed by atoms with Crippen LogP contribution in [0.15, 0.2) is 161 Å². The van der Waals surface area contributed by atoms with Crippen molar-refractivity contribution in [2.24, 2.45) is 0 Å². The van der Waals surface area contributed by atoms with Crippen LogP contribution in [0.2, 0.25) is 0 Å². The molecule has 5 aliphatic heterocycles. The Morgan fingerprint density at radius 1 is 0.450 bits per heavy atom. The number of likely N-dealkylation sites (tertiary alicyclic amines) is 2. The van der Waals surface area contributed by atoms with E-state index in [0.29, 0.717) is 104 Å². The van der Waals surface area contributed by atoms with Gasteiger partial charge >= 0.3 is 24.6 Å². The van der Waals surface area contributed by atoms with Gasteiger partial charge in [0.1, 0.15) is 17.2 Å². The van der Waals surface area contributed by atoms with E-state index in [1.165, 1.54) is 79.0 Å². The number of rotatable bonds is 13. The second kappa shape index (κ2) is 38.5. The van der Waals surface area contributed by atoms with Gasteiger partial charge in [0.25, 0.3) is 52.1 Å². The number of alkyl halides is 9. The van der Waals surface area contributed by atoms with Gasteiger partial charge in [-0.05, 0) is 234 Å². The van der Waals surface area contributed by atoms with Crippen molar-refractivity contribution < 1.29 is 77.8 Å². The van der Waals surface area contributed by atoms with Crippen LogP contribution in [-0.4, -0.2) is 182 Å². The summed E-state index contributed by atoms with van der Waals surface area (Å²) in [6.07, 6.45) is -12.7. The lowest BCUT2D eigenvalue weighted by atomic mass is 9.97. The number of likely N-dealkylation sites (N-methyl/N-ethyl adjacent to an activating group) is 1. The predicted molar refractivity (Wildman–Crippen MR) is 477 cm³/mol. The number of nitrogens with zero attached hydrogens (tertiary/aromatic N) is 13. The zero-order valence-electron chi connectivity index (χ0n) is 73.1. The topological polar surface area (TPSA) is 303 Å². The number of ether oxygens (including phenoxy) is 1. The number of carbonyl (C=O) groups excluding carboxylic acids is 7. The van der Waals surface area contributed by atoms with Crippen LogP contribution in [0.5, 0.6) is 0 Å². The van der Waals surface area contributed by atoms with E-state index in [9.17, 15) is 87.5 Å². The minimum atomic E-state index is -4.66. The molecule has 0 saturated carbocycles. The van der Waals surface area contributed by atoms with Crippen molar-refractivity contribution in [3.63, 3.8) is 0 Å². The maximum Gasteiger partial charge on any atom is 0.417 e. The molecule has 0 spiro atoms. The smallest absolute Gasteiger partial charge is 0.417 e. The van der Waals surface area contributed by atoms with Gasteiger partial charge in [-0.2, -0.15) is 44.6 Å². The van der Waals surface area contributed by atoms with Crippen molar-refractivity contribution in [2.75, 3.05) is 53.9 Å². The molecule has 131 heavy (non-hydrogen) atoms. The van der Waals surface area contributed by atoms with Gasteiger partial charge in [0.2, 0.25) is 5.95 Å². The van der Waals surface area contributed by atoms with E-state index in [0.717, 1.165) is 44.3 Å². The van der Waals surface area contributed by atoms with Gasteiger partial charge < -0.3 is 45.2 Å². The Bertz CT molecular complexity index is 6350. The largest absolute Gasteiger partial charge is 0.444 e. The first kappa shape index (κ1) is 96.6. The SMILES string of the molecule is CCN1CCC(c2nc3c(c(=O)n2-c2ccc(C(=O)NC)cc2)CC(C)N(C(=O)c2ccc(Br)c(C(F)(F)F)c2)C3)C1.CNC(=O)c1ccc(-n2c(-n3nc(C)cc3C)nc3c(c2=O)CC(C)N(C(=O)c2ccc(Br)c(C(F)(F)F)c2)C3)cc1.CNC(=O)c1ccc(-n2c(C3CCN(C(=O)OC(C)(C)C)C3)nc3c(c2=O)CC(C)N(C(=O)c2ccc(Br)c(C(F)(F)F)c2)C3)cc1. The Hall–Kier alpha value is -12.0. The fourth-order valence-electron chi connectivity index (χ4n) is 16.7. The Balaban J connectivity index is 0.000000168. The maximum atomic E-state index is 14.3.